The number of para-hydroxylation sites is 1. The zero-order valence-electron chi connectivity index (χ0n) is 8.29. The number of pyridine rings is 1. The van der Waals surface area contributed by atoms with Crippen molar-refractivity contribution in [2.75, 3.05) is 7.11 Å². The number of halogens is 2. The molecule has 0 aliphatic carbocycles. The van der Waals surface area contributed by atoms with Gasteiger partial charge in [-0.25, -0.2) is 4.98 Å². The van der Waals surface area contributed by atoms with Gasteiger partial charge in [-0.3, -0.25) is 0 Å². The second-order valence-electron chi connectivity index (χ2n) is 3.06. The fourth-order valence-corrected chi connectivity index (χ4v) is 2.01. The second-order valence-corrected chi connectivity index (χ2v) is 3.80. The molecule has 0 bridgehead atoms. The van der Waals surface area contributed by atoms with Gasteiger partial charge < -0.3 is 4.74 Å². The third-order valence-electron chi connectivity index (χ3n) is 2.20. The zero-order chi connectivity index (χ0) is 11.7. The van der Waals surface area contributed by atoms with Gasteiger partial charge in [-0.15, -0.1) is 0 Å². The van der Waals surface area contributed by atoms with E-state index in [-0.39, 0.29) is 10.7 Å². The SMILES string of the molecule is COc1cccc2c(Cl)c(C#N)c(Cl)nc12. The summed E-state index contributed by atoms with van der Waals surface area (Å²) >= 11 is 11.9. The number of fused-ring (bicyclic) bond motifs is 1. The van der Waals surface area contributed by atoms with E-state index in [0.717, 1.165) is 0 Å². The third kappa shape index (κ3) is 1.57. The summed E-state index contributed by atoms with van der Waals surface area (Å²) in [5.74, 6) is 0.575. The molecule has 0 amide bonds. The monoisotopic (exact) mass is 252 g/mol. The average molecular weight is 253 g/mol. The molecule has 0 radical (unpaired) electrons. The number of aromatic nitrogens is 1. The maximum absolute atomic E-state index is 8.90. The lowest BCUT2D eigenvalue weighted by atomic mass is 10.1. The quantitative estimate of drug-likeness (QED) is 0.731. The van der Waals surface area contributed by atoms with Crippen molar-refractivity contribution in [3.8, 4) is 11.8 Å². The summed E-state index contributed by atoms with van der Waals surface area (Å²) in [4.78, 5) is 4.11. The summed E-state index contributed by atoms with van der Waals surface area (Å²) in [5.41, 5.74) is 0.739. The molecule has 1 aromatic heterocycles. The molecule has 0 aliphatic heterocycles. The van der Waals surface area contributed by atoms with Crippen molar-refractivity contribution in [1.82, 2.24) is 4.98 Å². The van der Waals surface area contributed by atoms with Crippen LogP contribution in [0.15, 0.2) is 18.2 Å². The fraction of sp³-hybridized carbons (Fsp3) is 0.0909. The van der Waals surface area contributed by atoms with Crippen molar-refractivity contribution >= 4 is 34.1 Å². The Morgan fingerprint density at radius 1 is 1.38 bits per heavy atom. The minimum absolute atomic E-state index is 0.0875. The predicted molar refractivity (Wildman–Crippen MR) is 63.0 cm³/mol. The summed E-state index contributed by atoms with van der Waals surface area (Å²) in [7, 11) is 1.54. The molecule has 0 unspecified atom stereocenters. The molecule has 16 heavy (non-hydrogen) atoms. The van der Waals surface area contributed by atoms with Crippen molar-refractivity contribution in [3.05, 3.63) is 33.9 Å². The van der Waals surface area contributed by atoms with Crippen LogP contribution >= 0.6 is 23.2 Å². The molecule has 0 spiro atoms. The van der Waals surface area contributed by atoms with E-state index in [9.17, 15) is 0 Å². The first kappa shape index (κ1) is 11.0. The first-order valence-electron chi connectivity index (χ1n) is 4.41. The van der Waals surface area contributed by atoms with E-state index in [0.29, 0.717) is 21.7 Å². The van der Waals surface area contributed by atoms with Gasteiger partial charge in [-0.2, -0.15) is 5.26 Å². The number of benzene rings is 1. The number of ether oxygens (including phenoxy) is 1. The van der Waals surface area contributed by atoms with Gasteiger partial charge in [0.05, 0.1) is 12.1 Å². The van der Waals surface area contributed by atoms with Gasteiger partial charge in [0, 0.05) is 5.39 Å². The first-order valence-corrected chi connectivity index (χ1v) is 5.16. The maximum Gasteiger partial charge on any atom is 0.149 e. The van der Waals surface area contributed by atoms with Crippen molar-refractivity contribution in [2.24, 2.45) is 0 Å². The lowest BCUT2D eigenvalue weighted by Crippen LogP contribution is -1.92. The molecule has 0 saturated carbocycles. The van der Waals surface area contributed by atoms with Crippen LogP contribution in [0.4, 0.5) is 0 Å². The lowest BCUT2D eigenvalue weighted by Gasteiger charge is -2.07. The highest BCUT2D eigenvalue weighted by atomic mass is 35.5. The molecule has 0 fully saturated rings. The topological polar surface area (TPSA) is 45.9 Å². The van der Waals surface area contributed by atoms with Gasteiger partial charge in [0.2, 0.25) is 0 Å². The zero-order valence-corrected chi connectivity index (χ0v) is 9.80. The third-order valence-corrected chi connectivity index (χ3v) is 2.87. The molecule has 0 saturated heterocycles. The number of rotatable bonds is 1. The van der Waals surface area contributed by atoms with Crippen molar-refractivity contribution in [2.45, 2.75) is 0 Å². The van der Waals surface area contributed by atoms with Crippen molar-refractivity contribution in [1.29, 1.82) is 5.26 Å². The Morgan fingerprint density at radius 3 is 2.75 bits per heavy atom. The standard InChI is InChI=1S/C11H6Cl2N2O/c1-16-8-4-2-3-6-9(12)7(5-14)11(13)15-10(6)8/h2-4H,1H3. The van der Waals surface area contributed by atoms with Crippen LogP contribution in [0.2, 0.25) is 10.2 Å². The highest BCUT2D eigenvalue weighted by Gasteiger charge is 2.14. The van der Waals surface area contributed by atoms with E-state index < -0.39 is 0 Å². The van der Waals surface area contributed by atoms with Crippen LogP contribution < -0.4 is 4.74 Å². The number of hydrogen-bond acceptors (Lipinski definition) is 3. The summed E-state index contributed by atoms with van der Waals surface area (Å²) < 4.78 is 5.15. The minimum atomic E-state index is 0.0875. The van der Waals surface area contributed by atoms with Crippen LogP contribution in [-0.2, 0) is 0 Å². The van der Waals surface area contributed by atoms with E-state index in [1.807, 2.05) is 6.07 Å². The van der Waals surface area contributed by atoms with E-state index in [1.165, 1.54) is 7.11 Å². The van der Waals surface area contributed by atoms with E-state index in [2.05, 4.69) is 4.98 Å². The molecule has 0 aliphatic rings. The Balaban J connectivity index is 2.93. The molecule has 0 atom stereocenters. The van der Waals surface area contributed by atoms with Crippen molar-refractivity contribution in [3.63, 3.8) is 0 Å². The van der Waals surface area contributed by atoms with Crippen LogP contribution in [-0.4, -0.2) is 12.1 Å². The van der Waals surface area contributed by atoms with E-state index in [4.69, 9.17) is 33.2 Å². The predicted octanol–water partition coefficient (Wildman–Crippen LogP) is 3.42. The molecule has 3 nitrogen and oxygen atoms in total. The van der Waals surface area contributed by atoms with Crippen LogP contribution in [0.1, 0.15) is 5.56 Å². The highest BCUT2D eigenvalue weighted by molar-refractivity contribution is 6.39. The fourth-order valence-electron chi connectivity index (χ4n) is 1.45. The molecule has 1 heterocycles. The van der Waals surface area contributed by atoms with Crippen molar-refractivity contribution < 1.29 is 4.74 Å². The van der Waals surface area contributed by atoms with E-state index in [1.54, 1.807) is 18.2 Å². The minimum Gasteiger partial charge on any atom is -0.494 e. The summed E-state index contributed by atoms with van der Waals surface area (Å²) in [5, 5.41) is 9.94. The number of nitrogens with zero attached hydrogens (tertiary/aromatic N) is 2. The molecule has 5 heteroatoms. The Labute approximate surface area is 102 Å². The van der Waals surface area contributed by atoms with Gasteiger partial charge in [0.25, 0.3) is 0 Å². The van der Waals surface area contributed by atoms with E-state index >= 15 is 0 Å². The van der Waals surface area contributed by atoms with Crippen LogP contribution in [0, 0.1) is 11.3 Å². The van der Waals surface area contributed by atoms with Crippen LogP contribution in [0.25, 0.3) is 10.9 Å². The summed E-state index contributed by atoms with van der Waals surface area (Å²) in [6.45, 7) is 0. The van der Waals surface area contributed by atoms with Gasteiger partial charge in [-0.05, 0) is 6.07 Å². The smallest absolute Gasteiger partial charge is 0.149 e. The molecular weight excluding hydrogens is 247 g/mol. The van der Waals surface area contributed by atoms with Crippen LogP contribution in [0.5, 0.6) is 5.75 Å². The molecule has 80 valence electrons. The highest BCUT2D eigenvalue weighted by Crippen LogP contribution is 2.34. The Morgan fingerprint density at radius 2 is 2.12 bits per heavy atom. The number of methoxy groups -OCH3 is 1. The van der Waals surface area contributed by atoms with Gasteiger partial charge >= 0.3 is 0 Å². The van der Waals surface area contributed by atoms with Gasteiger partial charge in [0.15, 0.2) is 0 Å². The maximum atomic E-state index is 8.90. The first-order chi connectivity index (χ1) is 7.69. The summed E-state index contributed by atoms with van der Waals surface area (Å²) in [6, 6.07) is 7.23. The lowest BCUT2D eigenvalue weighted by molar-refractivity contribution is 0.419. The molecular formula is C11H6Cl2N2O. The Bertz CT molecular complexity index is 605. The number of hydrogen-bond donors (Lipinski definition) is 0. The van der Waals surface area contributed by atoms with Crippen LogP contribution in [0.3, 0.4) is 0 Å². The number of nitriles is 1. The summed E-state index contributed by atoms with van der Waals surface area (Å²) in [6.07, 6.45) is 0. The Kier molecular flexibility index (Phi) is 2.86. The molecule has 1 aromatic carbocycles. The van der Waals surface area contributed by atoms with Gasteiger partial charge in [0.1, 0.15) is 28.1 Å². The molecule has 0 N–H and O–H groups in total. The molecule has 2 aromatic rings. The molecule has 2 rings (SSSR count). The Hall–Kier alpha value is -1.50. The average Bonchev–Trinajstić information content (AvgIpc) is 2.29. The normalized spacial score (nSPS) is 10.1. The van der Waals surface area contributed by atoms with Gasteiger partial charge in [-0.1, -0.05) is 35.3 Å². The largest absolute Gasteiger partial charge is 0.494 e. The second kappa shape index (κ2) is 4.17.